The molecule has 0 aliphatic carbocycles. The van der Waals surface area contributed by atoms with Crippen molar-refractivity contribution in [1.29, 1.82) is 0 Å². The molecule has 6 nitrogen and oxygen atoms in total. The van der Waals surface area contributed by atoms with Gasteiger partial charge in [-0.1, -0.05) is 28.5 Å². The molecule has 22 heavy (non-hydrogen) atoms. The number of H-pyrrole nitrogens is 1. The van der Waals surface area contributed by atoms with Crippen LogP contribution in [0.25, 0.3) is 5.69 Å². The number of hydrogen-bond donors (Lipinski definition) is 2. The smallest absolute Gasteiger partial charge is 0.256 e. The van der Waals surface area contributed by atoms with Crippen molar-refractivity contribution >= 4 is 46.4 Å². The molecule has 0 fully saturated rings. The van der Waals surface area contributed by atoms with Gasteiger partial charge < -0.3 is 5.32 Å². The molecule has 1 heterocycles. The van der Waals surface area contributed by atoms with Crippen LogP contribution in [-0.4, -0.2) is 26.1 Å². The van der Waals surface area contributed by atoms with Crippen molar-refractivity contribution < 1.29 is 4.79 Å². The topological polar surface area (TPSA) is 75.6 Å². The Kier molecular flexibility index (Phi) is 4.29. The molecule has 0 spiro atoms. The van der Waals surface area contributed by atoms with Gasteiger partial charge in [0.25, 0.3) is 5.91 Å². The Morgan fingerprint density at radius 2 is 2.05 bits per heavy atom. The first kappa shape index (κ1) is 14.9. The molecule has 3 rings (SSSR count). The summed E-state index contributed by atoms with van der Waals surface area (Å²) in [5.74, 6) is -0.159. The van der Waals surface area contributed by atoms with Crippen LogP contribution in [0.4, 0.5) is 5.69 Å². The Bertz CT molecular complexity index is 888. The van der Waals surface area contributed by atoms with Crippen molar-refractivity contribution in [2.24, 2.45) is 0 Å². The lowest BCUT2D eigenvalue weighted by molar-refractivity contribution is 0.102. The summed E-state index contributed by atoms with van der Waals surface area (Å²) in [6, 6.07) is 14.7. The Morgan fingerprint density at radius 1 is 1.23 bits per heavy atom. The fourth-order valence-electron chi connectivity index (χ4n) is 1.93. The number of carbonyl (C=O) groups excluding carboxylic acids is 1. The highest BCUT2D eigenvalue weighted by atomic mass is 127. The van der Waals surface area contributed by atoms with Crippen LogP contribution >= 0.6 is 34.8 Å². The predicted octanol–water partition coefficient (Wildman–Crippen LogP) is 3.18. The maximum atomic E-state index is 12.3. The average molecular weight is 423 g/mol. The first-order valence-corrected chi connectivity index (χ1v) is 7.80. The van der Waals surface area contributed by atoms with Crippen molar-refractivity contribution in [2.45, 2.75) is 0 Å². The lowest BCUT2D eigenvalue weighted by atomic mass is 10.2. The third-order valence-electron chi connectivity index (χ3n) is 2.95. The van der Waals surface area contributed by atoms with Gasteiger partial charge in [0.1, 0.15) is 0 Å². The molecular weight excluding hydrogens is 413 g/mol. The van der Waals surface area contributed by atoms with E-state index < -0.39 is 0 Å². The minimum Gasteiger partial charge on any atom is -0.322 e. The third kappa shape index (κ3) is 3.07. The summed E-state index contributed by atoms with van der Waals surface area (Å²) >= 11 is 7.20. The van der Waals surface area contributed by atoms with E-state index in [2.05, 4.69) is 43.4 Å². The molecule has 8 heteroatoms. The molecule has 0 aliphatic rings. The first-order valence-electron chi connectivity index (χ1n) is 6.31. The molecule has 1 amide bonds. The minimum atomic E-state index is -0.159. The Morgan fingerprint density at radius 3 is 2.77 bits per heavy atom. The first-order chi connectivity index (χ1) is 10.6. The van der Waals surface area contributed by atoms with E-state index in [4.69, 9.17) is 12.2 Å². The third-order valence-corrected chi connectivity index (χ3v) is 4.16. The number of anilines is 1. The van der Waals surface area contributed by atoms with Gasteiger partial charge in [0, 0.05) is 9.26 Å². The number of halogens is 1. The van der Waals surface area contributed by atoms with Crippen LogP contribution in [0.15, 0.2) is 48.5 Å². The zero-order valence-electron chi connectivity index (χ0n) is 11.2. The summed E-state index contributed by atoms with van der Waals surface area (Å²) in [7, 11) is 0. The average Bonchev–Trinajstić information content (AvgIpc) is 2.94. The fourth-order valence-corrected chi connectivity index (χ4v) is 2.75. The molecule has 110 valence electrons. The van der Waals surface area contributed by atoms with Crippen LogP contribution in [0.1, 0.15) is 10.4 Å². The summed E-state index contributed by atoms with van der Waals surface area (Å²) in [5.41, 5.74) is 2.04. The molecule has 0 saturated heterocycles. The quantitative estimate of drug-likeness (QED) is 0.501. The lowest BCUT2D eigenvalue weighted by Crippen LogP contribution is -2.13. The number of nitrogens with zero attached hydrogens (tertiary/aromatic N) is 3. The number of rotatable bonds is 3. The predicted molar refractivity (Wildman–Crippen MR) is 93.7 cm³/mol. The van der Waals surface area contributed by atoms with E-state index >= 15 is 0 Å². The summed E-state index contributed by atoms with van der Waals surface area (Å²) in [5, 5.41) is 12.9. The van der Waals surface area contributed by atoms with E-state index in [1.807, 2.05) is 36.4 Å². The fraction of sp³-hybridized carbons (Fsp3) is 0. The molecule has 1 aromatic heterocycles. The highest BCUT2D eigenvalue weighted by Gasteiger charge is 2.10. The van der Waals surface area contributed by atoms with Crippen LogP contribution < -0.4 is 5.32 Å². The van der Waals surface area contributed by atoms with Gasteiger partial charge >= 0.3 is 0 Å². The second kappa shape index (κ2) is 6.36. The lowest BCUT2D eigenvalue weighted by Gasteiger charge is -2.08. The maximum absolute atomic E-state index is 12.3. The van der Waals surface area contributed by atoms with Gasteiger partial charge in [0.2, 0.25) is 4.77 Å². The van der Waals surface area contributed by atoms with Crippen LogP contribution in [0.2, 0.25) is 0 Å². The molecule has 0 bridgehead atoms. The zero-order chi connectivity index (χ0) is 15.5. The van der Waals surface area contributed by atoms with Crippen molar-refractivity contribution in [3.63, 3.8) is 0 Å². The van der Waals surface area contributed by atoms with Crippen LogP contribution in [-0.2, 0) is 0 Å². The van der Waals surface area contributed by atoms with E-state index in [-0.39, 0.29) is 5.91 Å². The van der Waals surface area contributed by atoms with E-state index in [0.29, 0.717) is 16.0 Å². The Balaban J connectivity index is 1.88. The molecule has 0 radical (unpaired) electrons. The number of amides is 1. The second-order valence-electron chi connectivity index (χ2n) is 4.40. The van der Waals surface area contributed by atoms with Gasteiger partial charge in [-0.2, -0.15) is 5.21 Å². The summed E-state index contributed by atoms with van der Waals surface area (Å²) in [4.78, 5) is 12.3. The van der Waals surface area contributed by atoms with Gasteiger partial charge in [0.05, 0.1) is 11.3 Å². The normalized spacial score (nSPS) is 10.4. The number of carbonyl (C=O) groups is 1. The molecule has 3 aromatic rings. The highest BCUT2D eigenvalue weighted by Crippen LogP contribution is 2.17. The van der Waals surface area contributed by atoms with Gasteiger partial charge in [-0.05, 0) is 65.1 Å². The van der Waals surface area contributed by atoms with Crippen molar-refractivity contribution in [3.8, 4) is 5.69 Å². The van der Waals surface area contributed by atoms with E-state index in [0.717, 1.165) is 9.26 Å². The standard InChI is InChI=1S/C14H10IN5OS/c15-12-7-2-1-6-11(12)13(21)16-9-4-3-5-10(8-9)20-14(22)17-18-19-20/h1-8H,(H,16,21)(H,17,19,22). The SMILES string of the molecule is O=C(Nc1cccc(-n2[nH]nnc2=S)c1)c1ccccc1I. The number of nitrogens with one attached hydrogen (secondary N) is 2. The summed E-state index contributed by atoms with van der Waals surface area (Å²) < 4.78 is 2.77. The van der Waals surface area contributed by atoms with Crippen LogP contribution in [0, 0.1) is 8.34 Å². The molecule has 0 saturated carbocycles. The van der Waals surface area contributed by atoms with Gasteiger partial charge in [0.15, 0.2) is 0 Å². The van der Waals surface area contributed by atoms with Crippen molar-refractivity contribution in [2.75, 3.05) is 5.32 Å². The van der Waals surface area contributed by atoms with Crippen molar-refractivity contribution in [3.05, 3.63) is 62.4 Å². The van der Waals surface area contributed by atoms with Gasteiger partial charge in [-0.3, -0.25) is 4.79 Å². The van der Waals surface area contributed by atoms with Gasteiger partial charge in [-0.15, -0.1) is 0 Å². The number of benzene rings is 2. The van der Waals surface area contributed by atoms with Gasteiger partial charge in [-0.25, -0.2) is 4.68 Å². The Hall–Kier alpha value is -2.07. The van der Waals surface area contributed by atoms with Crippen LogP contribution in [0.5, 0.6) is 0 Å². The van der Waals surface area contributed by atoms with E-state index in [9.17, 15) is 4.79 Å². The van der Waals surface area contributed by atoms with E-state index in [1.54, 1.807) is 16.8 Å². The molecule has 0 unspecified atom stereocenters. The summed E-state index contributed by atoms with van der Waals surface area (Å²) in [6.07, 6.45) is 0. The Labute approximate surface area is 144 Å². The van der Waals surface area contributed by atoms with E-state index in [1.165, 1.54) is 0 Å². The maximum Gasteiger partial charge on any atom is 0.256 e. The number of aromatic amines is 1. The van der Waals surface area contributed by atoms with Crippen LogP contribution in [0.3, 0.4) is 0 Å². The second-order valence-corrected chi connectivity index (χ2v) is 5.93. The highest BCUT2D eigenvalue weighted by molar-refractivity contribution is 14.1. The zero-order valence-corrected chi connectivity index (χ0v) is 14.1. The monoisotopic (exact) mass is 423 g/mol. The molecule has 2 N–H and O–H groups in total. The number of tetrazole rings is 1. The number of hydrogen-bond acceptors (Lipinski definition) is 4. The summed E-state index contributed by atoms with van der Waals surface area (Å²) in [6.45, 7) is 0. The molecular formula is C14H10IN5OS. The number of aromatic nitrogens is 4. The molecule has 0 atom stereocenters. The minimum absolute atomic E-state index is 0.159. The van der Waals surface area contributed by atoms with Crippen molar-refractivity contribution in [1.82, 2.24) is 20.2 Å². The molecule has 2 aromatic carbocycles. The largest absolute Gasteiger partial charge is 0.322 e. The molecule has 0 aliphatic heterocycles.